The number of ether oxygens (including phenoxy) is 1. The quantitative estimate of drug-likeness (QED) is 0.597. The second-order valence-corrected chi connectivity index (χ2v) is 7.43. The van der Waals surface area contributed by atoms with Gasteiger partial charge in [-0.15, -0.1) is 0 Å². The highest BCUT2D eigenvalue weighted by Gasteiger charge is 2.45. The monoisotopic (exact) mass is 410 g/mol. The molecular formula is C24H26O6. The van der Waals surface area contributed by atoms with Gasteiger partial charge in [0.15, 0.2) is 11.9 Å². The van der Waals surface area contributed by atoms with Crippen molar-refractivity contribution in [2.24, 2.45) is 5.92 Å². The molecule has 0 bridgehead atoms. The molecule has 0 aliphatic carbocycles. The van der Waals surface area contributed by atoms with Gasteiger partial charge < -0.3 is 20.1 Å². The maximum atomic E-state index is 13.0. The molecule has 2 aromatic carbocycles. The van der Waals surface area contributed by atoms with Crippen LogP contribution < -0.4 is 0 Å². The predicted octanol–water partition coefficient (Wildman–Crippen LogP) is 3.95. The van der Waals surface area contributed by atoms with Crippen LogP contribution in [0.3, 0.4) is 0 Å². The lowest BCUT2D eigenvalue weighted by Crippen LogP contribution is -2.43. The molecule has 1 aliphatic heterocycles. The van der Waals surface area contributed by atoms with E-state index in [9.17, 15) is 24.9 Å². The Labute approximate surface area is 175 Å². The highest BCUT2D eigenvalue weighted by atomic mass is 16.6. The molecule has 158 valence electrons. The summed E-state index contributed by atoms with van der Waals surface area (Å²) in [5.41, 5.74) is 1.20. The molecule has 0 saturated heterocycles. The number of carbonyl (C=O) groups excluding carboxylic acids is 2. The molecule has 6 heteroatoms. The summed E-state index contributed by atoms with van der Waals surface area (Å²) < 4.78 is 5.49. The zero-order valence-electron chi connectivity index (χ0n) is 17.0. The van der Waals surface area contributed by atoms with Crippen LogP contribution in [-0.4, -0.2) is 33.2 Å². The van der Waals surface area contributed by atoms with Crippen LogP contribution in [0.1, 0.15) is 49.8 Å². The molecule has 2 aromatic rings. The second kappa shape index (κ2) is 9.13. The molecule has 0 saturated carbocycles. The minimum absolute atomic E-state index is 0.0786. The van der Waals surface area contributed by atoms with Gasteiger partial charge in [-0.25, -0.2) is 4.79 Å². The molecule has 1 aliphatic rings. The molecule has 30 heavy (non-hydrogen) atoms. The number of hydrogen-bond acceptors (Lipinski definition) is 6. The maximum Gasteiger partial charge on any atom is 0.339 e. The highest BCUT2D eigenvalue weighted by Crippen LogP contribution is 2.38. The average molecular weight is 410 g/mol. The van der Waals surface area contributed by atoms with E-state index in [1.807, 2.05) is 13.0 Å². The summed E-state index contributed by atoms with van der Waals surface area (Å²) in [5, 5.41) is 31.0. The standard InChI is InChI=1S/C24H26O6/c1-3-17(14-10-12-16(25)13-11-14)19-21(27)22(28)23(30-24(19)29)18(4-2)20(26)15-8-6-5-7-9-15/h5-13,17-18,20,23,25-27H,3-4H2,1-2H3. The van der Waals surface area contributed by atoms with Crippen LogP contribution in [0.25, 0.3) is 0 Å². The number of rotatable bonds is 7. The molecular weight excluding hydrogens is 384 g/mol. The van der Waals surface area contributed by atoms with Crippen LogP contribution in [0.4, 0.5) is 0 Å². The fourth-order valence-electron chi connectivity index (χ4n) is 4.00. The summed E-state index contributed by atoms with van der Waals surface area (Å²) in [6.07, 6.45) is -1.47. The van der Waals surface area contributed by atoms with Crippen molar-refractivity contribution < 1.29 is 29.6 Å². The van der Waals surface area contributed by atoms with E-state index in [1.165, 1.54) is 12.1 Å². The van der Waals surface area contributed by atoms with Crippen LogP contribution in [0.2, 0.25) is 0 Å². The summed E-state index contributed by atoms with van der Waals surface area (Å²) in [5.74, 6) is -3.26. The molecule has 4 atom stereocenters. The van der Waals surface area contributed by atoms with E-state index in [2.05, 4.69) is 0 Å². The third-order valence-electron chi connectivity index (χ3n) is 5.66. The van der Waals surface area contributed by atoms with Gasteiger partial charge in [-0.3, -0.25) is 4.79 Å². The van der Waals surface area contributed by atoms with Crippen LogP contribution in [0.5, 0.6) is 5.75 Å². The Kier molecular flexibility index (Phi) is 6.57. The van der Waals surface area contributed by atoms with Crippen LogP contribution in [0, 0.1) is 5.92 Å². The van der Waals surface area contributed by atoms with Crippen molar-refractivity contribution in [3.8, 4) is 5.75 Å². The number of phenolic OH excluding ortho intramolecular Hbond substituents is 1. The van der Waals surface area contributed by atoms with Crippen molar-refractivity contribution in [3.63, 3.8) is 0 Å². The van der Waals surface area contributed by atoms with Gasteiger partial charge in [0.2, 0.25) is 5.78 Å². The lowest BCUT2D eigenvalue weighted by molar-refractivity contribution is -0.161. The van der Waals surface area contributed by atoms with Gasteiger partial charge in [-0.1, -0.05) is 56.3 Å². The number of cyclic esters (lactones) is 1. The predicted molar refractivity (Wildman–Crippen MR) is 111 cm³/mol. The average Bonchev–Trinajstić information content (AvgIpc) is 2.76. The minimum Gasteiger partial charge on any atom is -0.508 e. The molecule has 0 aromatic heterocycles. The third-order valence-corrected chi connectivity index (χ3v) is 5.66. The number of ketones is 1. The van der Waals surface area contributed by atoms with Crippen LogP contribution >= 0.6 is 0 Å². The fraction of sp³-hybridized carbons (Fsp3) is 0.333. The number of phenols is 1. The van der Waals surface area contributed by atoms with Crippen molar-refractivity contribution in [1.82, 2.24) is 0 Å². The van der Waals surface area contributed by atoms with E-state index in [-0.39, 0.29) is 11.3 Å². The van der Waals surface area contributed by atoms with Gasteiger partial charge in [0.25, 0.3) is 0 Å². The first-order valence-corrected chi connectivity index (χ1v) is 10.1. The number of benzene rings is 2. The number of Topliss-reactive ketones (excluding diaryl/α,β-unsaturated/α-hetero) is 1. The Morgan fingerprint density at radius 3 is 2.10 bits per heavy atom. The first-order valence-electron chi connectivity index (χ1n) is 10.1. The second-order valence-electron chi connectivity index (χ2n) is 7.43. The van der Waals surface area contributed by atoms with E-state index in [1.54, 1.807) is 43.3 Å². The fourth-order valence-corrected chi connectivity index (χ4v) is 4.00. The first-order chi connectivity index (χ1) is 14.4. The van der Waals surface area contributed by atoms with Crippen molar-refractivity contribution in [2.75, 3.05) is 0 Å². The molecule has 3 N–H and O–H groups in total. The molecule has 0 radical (unpaired) electrons. The number of aromatic hydroxyl groups is 1. The van der Waals surface area contributed by atoms with Gasteiger partial charge in [0.05, 0.1) is 11.7 Å². The van der Waals surface area contributed by atoms with E-state index in [4.69, 9.17) is 4.74 Å². The number of carbonyl (C=O) groups is 2. The maximum absolute atomic E-state index is 13.0. The number of esters is 1. The van der Waals surface area contributed by atoms with E-state index in [0.717, 1.165) is 0 Å². The highest BCUT2D eigenvalue weighted by molar-refractivity contribution is 6.09. The molecule has 1 heterocycles. The van der Waals surface area contributed by atoms with Gasteiger partial charge in [0.1, 0.15) is 5.75 Å². The van der Waals surface area contributed by atoms with E-state index in [0.29, 0.717) is 24.0 Å². The molecule has 3 rings (SSSR count). The first kappa shape index (κ1) is 21.6. The van der Waals surface area contributed by atoms with Gasteiger partial charge in [-0.05, 0) is 36.1 Å². The smallest absolute Gasteiger partial charge is 0.339 e. The van der Waals surface area contributed by atoms with Gasteiger partial charge in [-0.2, -0.15) is 0 Å². The molecule has 0 spiro atoms. The lowest BCUT2D eigenvalue weighted by atomic mass is 9.81. The zero-order chi connectivity index (χ0) is 21.8. The summed E-state index contributed by atoms with van der Waals surface area (Å²) in [6.45, 7) is 3.62. The Morgan fingerprint density at radius 2 is 1.53 bits per heavy atom. The summed E-state index contributed by atoms with van der Waals surface area (Å²) in [6, 6.07) is 15.1. The van der Waals surface area contributed by atoms with Crippen LogP contribution in [0.15, 0.2) is 65.9 Å². The topological polar surface area (TPSA) is 104 Å². The van der Waals surface area contributed by atoms with Crippen LogP contribution in [-0.2, 0) is 14.3 Å². The summed E-state index contributed by atoms with van der Waals surface area (Å²) in [4.78, 5) is 25.8. The Morgan fingerprint density at radius 1 is 0.900 bits per heavy atom. The molecule has 0 fully saturated rings. The number of aliphatic hydroxyl groups is 2. The van der Waals surface area contributed by atoms with Crippen molar-refractivity contribution in [1.29, 1.82) is 0 Å². The Balaban J connectivity index is 1.94. The molecule has 6 nitrogen and oxygen atoms in total. The Hall–Kier alpha value is -3.12. The van der Waals surface area contributed by atoms with E-state index >= 15 is 0 Å². The molecule has 0 amide bonds. The van der Waals surface area contributed by atoms with Crippen molar-refractivity contribution >= 4 is 11.8 Å². The third kappa shape index (κ3) is 4.09. The zero-order valence-corrected chi connectivity index (χ0v) is 17.0. The summed E-state index contributed by atoms with van der Waals surface area (Å²) >= 11 is 0. The van der Waals surface area contributed by atoms with Crippen molar-refractivity contribution in [3.05, 3.63) is 77.1 Å². The largest absolute Gasteiger partial charge is 0.508 e. The Bertz CT molecular complexity index is 932. The van der Waals surface area contributed by atoms with Gasteiger partial charge in [0, 0.05) is 11.8 Å². The summed E-state index contributed by atoms with van der Waals surface area (Å²) in [7, 11) is 0. The van der Waals surface area contributed by atoms with Gasteiger partial charge >= 0.3 is 5.97 Å². The number of aliphatic hydroxyl groups excluding tert-OH is 2. The molecule has 4 unspecified atom stereocenters. The minimum atomic E-state index is -1.27. The number of hydrogen-bond donors (Lipinski definition) is 3. The van der Waals surface area contributed by atoms with E-state index < -0.39 is 41.6 Å². The lowest BCUT2D eigenvalue weighted by Gasteiger charge is -2.33. The SMILES string of the molecule is CCC(C1=C(O)C(=O)C(C(CC)C(O)c2ccccc2)OC1=O)c1ccc(O)cc1. The normalized spacial score (nSPS) is 19.9. The van der Waals surface area contributed by atoms with Crippen molar-refractivity contribution in [2.45, 2.75) is 44.8 Å².